The number of aromatic nitrogens is 1. The minimum atomic E-state index is -4.34. The Hall–Kier alpha value is -1.89. The summed E-state index contributed by atoms with van der Waals surface area (Å²) in [4.78, 5) is 19.9. The first-order valence-electron chi connectivity index (χ1n) is 8.01. The van der Waals surface area contributed by atoms with Crippen LogP contribution in [-0.2, 0) is 23.9 Å². The Kier molecular flexibility index (Phi) is 4.39. The summed E-state index contributed by atoms with van der Waals surface area (Å²) in [6.45, 7) is 6.82. The van der Waals surface area contributed by atoms with Crippen LogP contribution in [0, 0.1) is 5.41 Å². The molecule has 2 aromatic rings. The molecule has 1 amide bonds. The molecule has 0 radical (unpaired) electrons. The molecule has 1 aromatic carbocycles. The number of carbonyl (C=O) groups excluding carboxylic acids is 1. The van der Waals surface area contributed by atoms with Crippen molar-refractivity contribution in [2.75, 3.05) is 6.54 Å². The highest BCUT2D eigenvalue weighted by atomic mass is 32.1. The van der Waals surface area contributed by atoms with Gasteiger partial charge in [0.2, 0.25) is 5.91 Å². The van der Waals surface area contributed by atoms with Gasteiger partial charge in [-0.15, -0.1) is 11.3 Å². The number of rotatable bonds is 1. The number of amides is 1. The van der Waals surface area contributed by atoms with E-state index in [-0.39, 0.29) is 5.91 Å². The first kappa shape index (κ1) is 17.9. The van der Waals surface area contributed by atoms with Crippen molar-refractivity contribution in [1.29, 1.82) is 0 Å². The van der Waals surface area contributed by atoms with E-state index in [0.717, 1.165) is 22.7 Å². The lowest BCUT2D eigenvalue weighted by molar-refractivity contribution is -0.140. The molecular weight excluding hydrogens is 349 g/mol. The van der Waals surface area contributed by atoms with E-state index < -0.39 is 17.2 Å². The summed E-state index contributed by atoms with van der Waals surface area (Å²) in [6.07, 6.45) is -3.66. The molecule has 7 heteroatoms. The van der Waals surface area contributed by atoms with Crippen LogP contribution < -0.4 is 0 Å². The minimum absolute atomic E-state index is 0.0997. The van der Waals surface area contributed by atoms with E-state index in [4.69, 9.17) is 0 Å². The van der Waals surface area contributed by atoms with Crippen LogP contribution in [0.2, 0.25) is 0 Å². The predicted molar refractivity (Wildman–Crippen MR) is 91.1 cm³/mol. The van der Waals surface area contributed by atoms with Crippen molar-refractivity contribution in [3.63, 3.8) is 0 Å². The van der Waals surface area contributed by atoms with E-state index in [0.29, 0.717) is 30.1 Å². The van der Waals surface area contributed by atoms with Crippen molar-refractivity contribution in [3.8, 4) is 10.6 Å². The number of benzene rings is 1. The average molecular weight is 368 g/mol. The molecule has 0 fully saturated rings. The standard InChI is InChI=1S/C18H19F3N2OS/c1-17(2,3)16(24)23-9-8-13-14(10-23)25-15(22-13)11-4-6-12(7-5-11)18(19,20)21/h4-7H,8-10H2,1-3H3. The zero-order valence-electron chi connectivity index (χ0n) is 14.3. The summed E-state index contributed by atoms with van der Waals surface area (Å²) in [5, 5.41) is 0.698. The number of carbonyl (C=O) groups is 1. The molecule has 0 saturated carbocycles. The molecule has 3 nitrogen and oxygen atoms in total. The van der Waals surface area contributed by atoms with E-state index in [2.05, 4.69) is 4.98 Å². The number of hydrogen-bond donors (Lipinski definition) is 0. The average Bonchev–Trinajstić information content (AvgIpc) is 2.95. The van der Waals surface area contributed by atoms with Gasteiger partial charge in [-0.2, -0.15) is 13.2 Å². The van der Waals surface area contributed by atoms with Crippen LogP contribution >= 0.6 is 11.3 Å². The predicted octanol–water partition coefficient (Wildman–Crippen LogP) is 4.76. The Labute approximate surface area is 148 Å². The van der Waals surface area contributed by atoms with Gasteiger partial charge in [0.1, 0.15) is 5.01 Å². The topological polar surface area (TPSA) is 33.2 Å². The van der Waals surface area contributed by atoms with Crippen LogP contribution in [0.5, 0.6) is 0 Å². The Morgan fingerprint density at radius 3 is 2.36 bits per heavy atom. The second-order valence-electron chi connectivity index (χ2n) is 7.19. The summed E-state index contributed by atoms with van der Waals surface area (Å²) in [6, 6.07) is 5.05. The molecule has 0 saturated heterocycles. The normalized spacial score (nSPS) is 15.2. The van der Waals surface area contributed by atoms with Gasteiger partial charge < -0.3 is 4.90 Å². The van der Waals surface area contributed by atoms with Crippen molar-refractivity contribution in [3.05, 3.63) is 40.4 Å². The van der Waals surface area contributed by atoms with Gasteiger partial charge in [-0.05, 0) is 12.1 Å². The van der Waals surface area contributed by atoms with Gasteiger partial charge in [0.15, 0.2) is 0 Å². The number of hydrogen-bond acceptors (Lipinski definition) is 3. The molecule has 0 N–H and O–H groups in total. The minimum Gasteiger partial charge on any atom is -0.337 e. The molecule has 0 atom stereocenters. The third-order valence-electron chi connectivity index (χ3n) is 4.12. The van der Waals surface area contributed by atoms with Crippen molar-refractivity contribution in [2.24, 2.45) is 5.41 Å². The molecule has 0 spiro atoms. The zero-order valence-corrected chi connectivity index (χ0v) is 15.1. The van der Waals surface area contributed by atoms with Crippen molar-refractivity contribution < 1.29 is 18.0 Å². The second-order valence-corrected chi connectivity index (χ2v) is 8.27. The lowest BCUT2D eigenvalue weighted by atomic mass is 9.94. The first-order valence-corrected chi connectivity index (χ1v) is 8.83. The smallest absolute Gasteiger partial charge is 0.337 e. The molecule has 2 heterocycles. The lowest BCUT2D eigenvalue weighted by Crippen LogP contribution is -2.42. The van der Waals surface area contributed by atoms with Gasteiger partial charge in [-0.3, -0.25) is 4.79 Å². The third-order valence-corrected chi connectivity index (χ3v) is 5.25. The quantitative estimate of drug-likeness (QED) is 0.727. The molecule has 0 unspecified atom stereocenters. The number of halogens is 3. The van der Waals surface area contributed by atoms with Crippen molar-refractivity contribution in [2.45, 2.75) is 39.9 Å². The maximum Gasteiger partial charge on any atom is 0.416 e. The highest BCUT2D eigenvalue weighted by Crippen LogP contribution is 2.35. The number of thiazole rings is 1. The highest BCUT2D eigenvalue weighted by molar-refractivity contribution is 7.15. The third kappa shape index (κ3) is 3.71. The molecule has 1 aromatic heterocycles. The number of nitrogens with zero attached hydrogens (tertiary/aromatic N) is 2. The Balaban J connectivity index is 1.82. The summed E-state index contributed by atoms with van der Waals surface area (Å²) in [5.41, 5.74) is 0.511. The van der Waals surface area contributed by atoms with E-state index >= 15 is 0 Å². The SMILES string of the molecule is CC(C)(C)C(=O)N1CCc2nc(-c3ccc(C(F)(F)F)cc3)sc2C1. The van der Waals surface area contributed by atoms with Gasteiger partial charge in [0, 0.05) is 28.8 Å². The highest BCUT2D eigenvalue weighted by Gasteiger charge is 2.32. The fourth-order valence-corrected chi connectivity index (χ4v) is 3.90. The van der Waals surface area contributed by atoms with Crippen molar-refractivity contribution >= 4 is 17.2 Å². The summed E-state index contributed by atoms with van der Waals surface area (Å²) < 4.78 is 38.0. The van der Waals surface area contributed by atoms with E-state index in [1.54, 1.807) is 0 Å². The number of fused-ring (bicyclic) bond motifs is 1. The van der Waals surface area contributed by atoms with Crippen LogP contribution in [0.1, 0.15) is 36.9 Å². The van der Waals surface area contributed by atoms with Gasteiger partial charge in [0.05, 0.1) is 17.8 Å². The monoisotopic (exact) mass is 368 g/mol. The van der Waals surface area contributed by atoms with Crippen molar-refractivity contribution in [1.82, 2.24) is 9.88 Å². The summed E-state index contributed by atoms with van der Waals surface area (Å²) in [7, 11) is 0. The molecule has 0 bridgehead atoms. The largest absolute Gasteiger partial charge is 0.416 e. The van der Waals surface area contributed by atoms with E-state index in [1.807, 2.05) is 25.7 Å². The Morgan fingerprint density at radius 1 is 1.16 bits per heavy atom. The lowest BCUT2D eigenvalue weighted by Gasteiger charge is -2.31. The first-order chi connectivity index (χ1) is 11.6. The van der Waals surface area contributed by atoms with Gasteiger partial charge in [0.25, 0.3) is 0 Å². The van der Waals surface area contributed by atoms with Crippen LogP contribution in [0.25, 0.3) is 10.6 Å². The number of alkyl halides is 3. The molecule has 1 aliphatic heterocycles. The van der Waals surface area contributed by atoms with Crippen LogP contribution in [0.15, 0.2) is 24.3 Å². The van der Waals surface area contributed by atoms with Crippen LogP contribution in [0.4, 0.5) is 13.2 Å². The molecule has 134 valence electrons. The Bertz CT molecular complexity index is 788. The maximum atomic E-state index is 12.7. The molecule has 1 aliphatic rings. The molecule has 0 aliphatic carbocycles. The van der Waals surface area contributed by atoms with Gasteiger partial charge in [-0.25, -0.2) is 4.98 Å². The fourth-order valence-electron chi connectivity index (χ4n) is 2.77. The summed E-state index contributed by atoms with van der Waals surface area (Å²) >= 11 is 1.45. The fraction of sp³-hybridized carbons (Fsp3) is 0.444. The van der Waals surface area contributed by atoms with E-state index in [9.17, 15) is 18.0 Å². The Morgan fingerprint density at radius 2 is 1.80 bits per heavy atom. The zero-order chi connectivity index (χ0) is 18.4. The maximum absolute atomic E-state index is 12.7. The molecule has 3 rings (SSSR count). The van der Waals surface area contributed by atoms with Crippen LogP contribution in [-0.4, -0.2) is 22.3 Å². The molecule has 25 heavy (non-hydrogen) atoms. The molecular formula is C18H19F3N2OS. The van der Waals surface area contributed by atoms with Gasteiger partial charge in [-0.1, -0.05) is 32.9 Å². The second kappa shape index (κ2) is 6.12. The van der Waals surface area contributed by atoms with Crippen LogP contribution in [0.3, 0.4) is 0 Å². The van der Waals surface area contributed by atoms with E-state index in [1.165, 1.54) is 23.5 Å². The summed E-state index contributed by atoms with van der Waals surface area (Å²) in [5.74, 6) is 0.0997. The van der Waals surface area contributed by atoms with Gasteiger partial charge >= 0.3 is 6.18 Å².